The van der Waals surface area contributed by atoms with Crippen LogP contribution in [0.5, 0.6) is 0 Å². The first-order valence-corrected chi connectivity index (χ1v) is 7.08. The van der Waals surface area contributed by atoms with Gasteiger partial charge in [0.1, 0.15) is 0 Å². The molecule has 1 aromatic rings. The number of aryl methyl sites for hydroxylation is 1. The van der Waals surface area contributed by atoms with E-state index in [-0.39, 0.29) is 0 Å². The average Bonchev–Trinajstić information content (AvgIpc) is 2.42. The second kappa shape index (κ2) is 6.70. The third-order valence-electron chi connectivity index (χ3n) is 3.88. The standard InChI is InChI=1S/C16H23N3/c1-13-8-14(9-17)5-6-16(13)12-19(2)11-15-4-3-7-18-10-15/h5-6,8,15,18H,3-4,7,10-12H2,1-2H3. The molecule has 0 aliphatic carbocycles. The van der Waals surface area contributed by atoms with Gasteiger partial charge in [-0.05, 0) is 69.1 Å². The highest BCUT2D eigenvalue weighted by Gasteiger charge is 2.15. The SMILES string of the molecule is Cc1cc(C#N)ccc1CN(C)CC1CCCNC1. The van der Waals surface area contributed by atoms with E-state index in [2.05, 4.69) is 36.3 Å². The average molecular weight is 257 g/mol. The van der Waals surface area contributed by atoms with Crippen molar-refractivity contribution < 1.29 is 0 Å². The van der Waals surface area contributed by atoms with Crippen LogP contribution in [0.15, 0.2) is 18.2 Å². The van der Waals surface area contributed by atoms with E-state index < -0.39 is 0 Å². The van der Waals surface area contributed by atoms with Crippen molar-refractivity contribution in [1.29, 1.82) is 5.26 Å². The molecule has 1 aliphatic rings. The van der Waals surface area contributed by atoms with E-state index in [1.54, 1.807) is 0 Å². The van der Waals surface area contributed by atoms with Crippen molar-refractivity contribution in [2.45, 2.75) is 26.3 Å². The molecule has 102 valence electrons. The zero-order valence-corrected chi connectivity index (χ0v) is 11.9. The van der Waals surface area contributed by atoms with Gasteiger partial charge in [0, 0.05) is 13.1 Å². The first-order chi connectivity index (χ1) is 9.19. The number of rotatable bonds is 4. The van der Waals surface area contributed by atoms with Gasteiger partial charge >= 0.3 is 0 Å². The van der Waals surface area contributed by atoms with Gasteiger partial charge in [-0.25, -0.2) is 0 Å². The van der Waals surface area contributed by atoms with E-state index in [1.165, 1.54) is 30.5 Å². The Morgan fingerprint density at radius 3 is 2.95 bits per heavy atom. The van der Waals surface area contributed by atoms with Gasteiger partial charge in [-0.3, -0.25) is 0 Å². The Labute approximate surface area is 116 Å². The molecule has 0 saturated carbocycles. The van der Waals surface area contributed by atoms with Crippen LogP contribution in [0, 0.1) is 24.2 Å². The predicted molar refractivity (Wildman–Crippen MR) is 77.8 cm³/mol. The van der Waals surface area contributed by atoms with E-state index in [4.69, 9.17) is 5.26 Å². The highest BCUT2D eigenvalue weighted by Crippen LogP contribution is 2.15. The van der Waals surface area contributed by atoms with Crippen LogP contribution in [-0.4, -0.2) is 31.6 Å². The molecule has 0 amide bonds. The summed E-state index contributed by atoms with van der Waals surface area (Å²) in [5.41, 5.74) is 3.29. The molecule has 1 aliphatic heterocycles. The zero-order valence-electron chi connectivity index (χ0n) is 11.9. The Hall–Kier alpha value is -1.37. The molecule has 0 radical (unpaired) electrons. The van der Waals surface area contributed by atoms with Crippen LogP contribution in [0.1, 0.15) is 29.5 Å². The number of hydrogen-bond acceptors (Lipinski definition) is 3. The fraction of sp³-hybridized carbons (Fsp3) is 0.562. The summed E-state index contributed by atoms with van der Waals surface area (Å²) in [5.74, 6) is 0.775. The topological polar surface area (TPSA) is 39.1 Å². The van der Waals surface area contributed by atoms with Crippen LogP contribution in [0.3, 0.4) is 0 Å². The summed E-state index contributed by atoms with van der Waals surface area (Å²) in [7, 11) is 2.19. The molecule has 1 atom stereocenters. The summed E-state index contributed by atoms with van der Waals surface area (Å²) in [6, 6.07) is 8.17. The van der Waals surface area contributed by atoms with E-state index >= 15 is 0 Å². The molecule has 1 heterocycles. The van der Waals surface area contributed by atoms with Gasteiger partial charge in [-0.1, -0.05) is 6.07 Å². The molecule has 1 aromatic carbocycles. The second-order valence-electron chi connectivity index (χ2n) is 5.66. The summed E-state index contributed by atoms with van der Waals surface area (Å²) >= 11 is 0. The minimum atomic E-state index is 0.750. The van der Waals surface area contributed by atoms with E-state index in [0.717, 1.165) is 31.1 Å². The third kappa shape index (κ3) is 4.05. The van der Waals surface area contributed by atoms with Gasteiger partial charge in [-0.15, -0.1) is 0 Å². The minimum absolute atomic E-state index is 0.750. The summed E-state index contributed by atoms with van der Waals surface area (Å²) in [6.07, 6.45) is 2.64. The Kier molecular flexibility index (Phi) is 4.95. The number of piperidine rings is 1. The van der Waals surface area contributed by atoms with Crippen molar-refractivity contribution in [1.82, 2.24) is 10.2 Å². The van der Waals surface area contributed by atoms with Gasteiger partial charge in [0.05, 0.1) is 11.6 Å². The van der Waals surface area contributed by atoms with Crippen LogP contribution < -0.4 is 5.32 Å². The van der Waals surface area contributed by atoms with Crippen LogP contribution in [0.4, 0.5) is 0 Å². The Morgan fingerprint density at radius 1 is 1.47 bits per heavy atom. The quantitative estimate of drug-likeness (QED) is 0.899. The molecule has 0 aromatic heterocycles. The Bertz CT molecular complexity index is 456. The fourth-order valence-corrected chi connectivity index (χ4v) is 2.82. The maximum Gasteiger partial charge on any atom is 0.0991 e. The summed E-state index contributed by atoms with van der Waals surface area (Å²) in [6.45, 7) is 6.53. The highest BCUT2D eigenvalue weighted by atomic mass is 15.1. The number of benzene rings is 1. The zero-order chi connectivity index (χ0) is 13.7. The van der Waals surface area contributed by atoms with Crippen molar-refractivity contribution in [3.8, 4) is 6.07 Å². The Morgan fingerprint density at radius 2 is 2.32 bits per heavy atom. The smallest absolute Gasteiger partial charge is 0.0991 e. The first-order valence-electron chi connectivity index (χ1n) is 7.08. The minimum Gasteiger partial charge on any atom is -0.316 e. The van der Waals surface area contributed by atoms with E-state index in [1.807, 2.05) is 12.1 Å². The van der Waals surface area contributed by atoms with Gasteiger partial charge in [0.15, 0.2) is 0 Å². The van der Waals surface area contributed by atoms with Crippen molar-refractivity contribution in [2.24, 2.45) is 5.92 Å². The largest absolute Gasteiger partial charge is 0.316 e. The summed E-state index contributed by atoms with van der Waals surface area (Å²) in [4.78, 5) is 2.39. The number of nitriles is 1. The van der Waals surface area contributed by atoms with Crippen molar-refractivity contribution >= 4 is 0 Å². The molecule has 1 unspecified atom stereocenters. The molecule has 3 nitrogen and oxygen atoms in total. The maximum absolute atomic E-state index is 8.88. The lowest BCUT2D eigenvalue weighted by Crippen LogP contribution is -2.36. The van der Waals surface area contributed by atoms with Gasteiger partial charge in [0.25, 0.3) is 0 Å². The summed E-state index contributed by atoms with van der Waals surface area (Å²) < 4.78 is 0. The van der Waals surface area contributed by atoms with Crippen molar-refractivity contribution in [3.63, 3.8) is 0 Å². The predicted octanol–water partition coefficient (Wildman–Crippen LogP) is 2.30. The molecular formula is C16H23N3. The molecular weight excluding hydrogens is 234 g/mol. The van der Waals surface area contributed by atoms with Crippen molar-refractivity contribution in [3.05, 3.63) is 34.9 Å². The normalized spacial score (nSPS) is 19.4. The van der Waals surface area contributed by atoms with Crippen LogP contribution >= 0.6 is 0 Å². The van der Waals surface area contributed by atoms with Gasteiger partial charge in [-0.2, -0.15) is 5.26 Å². The lowest BCUT2D eigenvalue weighted by atomic mass is 9.98. The first kappa shape index (κ1) is 14.0. The van der Waals surface area contributed by atoms with Crippen LogP contribution in [0.2, 0.25) is 0 Å². The lowest BCUT2D eigenvalue weighted by molar-refractivity contribution is 0.237. The van der Waals surface area contributed by atoms with Crippen LogP contribution in [0.25, 0.3) is 0 Å². The molecule has 1 saturated heterocycles. The molecule has 0 spiro atoms. The monoisotopic (exact) mass is 257 g/mol. The highest BCUT2D eigenvalue weighted by molar-refractivity contribution is 5.37. The van der Waals surface area contributed by atoms with E-state index in [9.17, 15) is 0 Å². The fourth-order valence-electron chi connectivity index (χ4n) is 2.82. The van der Waals surface area contributed by atoms with Crippen LogP contribution in [-0.2, 0) is 6.54 Å². The number of nitrogens with zero attached hydrogens (tertiary/aromatic N) is 2. The maximum atomic E-state index is 8.88. The number of hydrogen-bond donors (Lipinski definition) is 1. The van der Waals surface area contributed by atoms with Crippen molar-refractivity contribution in [2.75, 3.05) is 26.7 Å². The summed E-state index contributed by atoms with van der Waals surface area (Å²) in [5, 5.41) is 12.4. The number of nitrogens with one attached hydrogen (secondary N) is 1. The third-order valence-corrected chi connectivity index (χ3v) is 3.88. The second-order valence-corrected chi connectivity index (χ2v) is 5.66. The molecule has 2 rings (SSSR count). The Balaban J connectivity index is 1.91. The van der Waals surface area contributed by atoms with E-state index in [0.29, 0.717) is 0 Å². The molecule has 19 heavy (non-hydrogen) atoms. The van der Waals surface area contributed by atoms with Gasteiger partial charge in [0.2, 0.25) is 0 Å². The van der Waals surface area contributed by atoms with Gasteiger partial charge < -0.3 is 10.2 Å². The molecule has 1 N–H and O–H groups in total. The molecule has 3 heteroatoms. The molecule has 1 fully saturated rings. The lowest BCUT2D eigenvalue weighted by Gasteiger charge is -2.28. The molecule has 0 bridgehead atoms.